The van der Waals surface area contributed by atoms with E-state index in [1.807, 2.05) is 0 Å². The van der Waals surface area contributed by atoms with Crippen LogP contribution in [0.25, 0.3) is 0 Å². The largest absolute Gasteiger partial charge is 0.479 e. The molecule has 1 fully saturated rings. The summed E-state index contributed by atoms with van der Waals surface area (Å²) in [5.41, 5.74) is -0.339. The first-order chi connectivity index (χ1) is 22.1. The first-order valence-corrected chi connectivity index (χ1v) is 14.7. The lowest BCUT2D eigenvalue weighted by Crippen LogP contribution is -2.61. The molecular weight excluding hydrogens is 626 g/mol. The number of carbonyl (C=O) groups is 6. The summed E-state index contributed by atoms with van der Waals surface area (Å²) in [7, 11) is 0. The van der Waals surface area contributed by atoms with E-state index in [4.69, 9.17) is 18.9 Å². The molecule has 3 rings (SSSR count). The Hall–Kier alpha value is -4.42. The average Bonchev–Trinajstić information content (AvgIpc) is 3.32. The molecule has 0 saturated carbocycles. The number of anilines is 1. The highest BCUT2D eigenvalue weighted by molar-refractivity contribution is 6.12. The van der Waals surface area contributed by atoms with Gasteiger partial charge < -0.3 is 50.0 Å². The lowest BCUT2D eigenvalue weighted by molar-refractivity contribution is -0.271. The van der Waals surface area contributed by atoms with Crippen molar-refractivity contribution < 1.29 is 68.1 Å². The quantitative estimate of drug-likeness (QED) is 0.0734. The molecule has 0 aliphatic carbocycles. The average molecular weight is 666 g/mol. The minimum absolute atomic E-state index is 0.00693. The van der Waals surface area contributed by atoms with E-state index in [1.54, 1.807) is 20.8 Å². The molecule has 2 aliphatic rings. The third kappa shape index (κ3) is 10.5. The molecule has 0 aromatic heterocycles. The maximum absolute atomic E-state index is 12.8. The first-order valence-electron chi connectivity index (χ1n) is 14.7. The molecule has 2 heterocycles. The van der Waals surface area contributed by atoms with Crippen molar-refractivity contribution in [3.8, 4) is 5.75 Å². The van der Waals surface area contributed by atoms with Crippen molar-refractivity contribution in [2.75, 3.05) is 31.6 Å². The van der Waals surface area contributed by atoms with Gasteiger partial charge in [0.1, 0.15) is 30.7 Å². The van der Waals surface area contributed by atoms with Crippen LogP contribution in [-0.4, -0.2) is 118 Å². The number of hydrogen-bond donors (Lipinski definition) is 6. The van der Waals surface area contributed by atoms with Gasteiger partial charge in [0.25, 0.3) is 11.8 Å². The third-order valence-corrected chi connectivity index (χ3v) is 6.86. The normalized spacial score (nSPS) is 22.6. The zero-order valence-electron chi connectivity index (χ0n) is 26.0. The fourth-order valence-electron chi connectivity index (χ4n) is 4.20. The van der Waals surface area contributed by atoms with Crippen LogP contribution in [0.5, 0.6) is 5.75 Å². The van der Waals surface area contributed by atoms with Crippen molar-refractivity contribution in [2.45, 2.75) is 70.9 Å². The highest BCUT2D eigenvalue weighted by atomic mass is 16.7. The molecule has 1 aromatic carbocycles. The number of carbonyl (C=O) groups excluding carboxylic acids is 5. The standard InChI is InChI=1S/C30H39N3O14/c1-30(2,3)29(43)45-15-16-4-5-18(46-28-25(40)23(38)24(39)26(47-28)27(41)42)17(14-16)32-20(35)8-10-31-19(34)9-12-44-13-11-33-21(36)6-7-22(33)37/h4-7,14,23-26,28,38-40H,8-13,15H2,1-3H3,(H,31,34)(H,32,35)(H,41,42)/t23-,24-,25+,26-,28+/m0/s1. The van der Waals surface area contributed by atoms with Gasteiger partial charge in [-0.3, -0.25) is 28.9 Å². The number of amides is 4. The molecule has 2 aliphatic heterocycles. The minimum Gasteiger partial charge on any atom is -0.479 e. The molecule has 6 N–H and O–H groups in total. The summed E-state index contributed by atoms with van der Waals surface area (Å²) in [5.74, 6) is -4.09. The molecule has 17 nitrogen and oxygen atoms in total. The molecule has 0 bridgehead atoms. The summed E-state index contributed by atoms with van der Waals surface area (Å²) >= 11 is 0. The number of aliphatic hydroxyl groups excluding tert-OH is 3. The summed E-state index contributed by atoms with van der Waals surface area (Å²) in [5, 5.41) is 44.9. The highest BCUT2D eigenvalue weighted by Crippen LogP contribution is 2.31. The Morgan fingerprint density at radius 3 is 2.26 bits per heavy atom. The van der Waals surface area contributed by atoms with Crippen LogP contribution in [-0.2, 0) is 49.6 Å². The number of carboxylic acid groups (broad SMARTS) is 1. The van der Waals surface area contributed by atoms with Gasteiger partial charge in [-0.1, -0.05) is 6.07 Å². The van der Waals surface area contributed by atoms with Gasteiger partial charge in [0.05, 0.1) is 30.9 Å². The number of nitrogens with one attached hydrogen (secondary N) is 2. The first kappa shape index (κ1) is 37.0. The van der Waals surface area contributed by atoms with Crippen LogP contribution in [0.1, 0.15) is 39.2 Å². The third-order valence-electron chi connectivity index (χ3n) is 6.86. The zero-order chi connectivity index (χ0) is 34.9. The topological polar surface area (TPSA) is 248 Å². The van der Waals surface area contributed by atoms with Crippen molar-refractivity contribution in [1.82, 2.24) is 10.2 Å². The summed E-state index contributed by atoms with van der Waals surface area (Å²) in [4.78, 5) is 72.7. The number of ether oxygens (including phenoxy) is 4. The van der Waals surface area contributed by atoms with E-state index >= 15 is 0 Å². The lowest BCUT2D eigenvalue weighted by atomic mass is 9.97. The maximum atomic E-state index is 12.8. The van der Waals surface area contributed by atoms with Gasteiger partial charge in [0, 0.05) is 31.5 Å². The van der Waals surface area contributed by atoms with Crippen molar-refractivity contribution >= 4 is 41.3 Å². The van der Waals surface area contributed by atoms with E-state index in [-0.39, 0.29) is 57.2 Å². The van der Waals surface area contributed by atoms with Crippen molar-refractivity contribution in [3.05, 3.63) is 35.9 Å². The van der Waals surface area contributed by atoms with E-state index < -0.39 is 71.7 Å². The second-order valence-electron chi connectivity index (χ2n) is 11.7. The fraction of sp³-hybridized carbons (Fsp3) is 0.533. The Morgan fingerprint density at radius 2 is 1.62 bits per heavy atom. The zero-order valence-corrected chi connectivity index (χ0v) is 26.0. The molecule has 1 aromatic rings. The minimum atomic E-state index is -1.94. The SMILES string of the molecule is CC(C)(C)C(=O)OCc1ccc(O[C@@H]2O[C@H](C(=O)O)[C@@H](O)[C@H](O)[C@H]2O)c(NC(=O)CCNC(=O)CCOCCN2C(=O)C=CC2=O)c1. The van der Waals surface area contributed by atoms with Gasteiger partial charge in [-0.2, -0.15) is 0 Å². The fourth-order valence-corrected chi connectivity index (χ4v) is 4.20. The predicted molar refractivity (Wildman–Crippen MR) is 158 cm³/mol. The number of imide groups is 1. The number of aliphatic hydroxyl groups is 3. The Kier molecular flexibility index (Phi) is 12.9. The molecule has 258 valence electrons. The van der Waals surface area contributed by atoms with Crippen molar-refractivity contribution in [1.29, 1.82) is 0 Å². The molecule has 1 saturated heterocycles. The van der Waals surface area contributed by atoms with Crippen molar-refractivity contribution in [2.24, 2.45) is 5.41 Å². The van der Waals surface area contributed by atoms with Crippen LogP contribution < -0.4 is 15.4 Å². The van der Waals surface area contributed by atoms with E-state index in [2.05, 4.69) is 10.6 Å². The summed E-state index contributed by atoms with van der Waals surface area (Å²) in [6.45, 7) is 4.89. The molecule has 0 unspecified atom stereocenters. The monoisotopic (exact) mass is 665 g/mol. The summed E-state index contributed by atoms with van der Waals surface area (Å²) in [6.07, 6.45) is -7.33. The van der Waals surface area contributed by atoms with Crippen LogP contribution in [0.3, 0.4) is 0 Å². The van der Waals surface area contributed by atoms with Gasteiger partial charge in [0.2, 0.25) is 18.1 Å². The molecule has 5 atom stereocenters. The predicted octanol–water partition coefficient (Wildman–Crippen LogP) is -1.18. The number of carboxylic acids is 1. The highest BCUT2D eigenvalue weighted by Gasteiger charge is 2.48. The Morgan fingerprint density at radius 1 is 0.936 bits per heavy atom. The number of esters is 1. The van der Waals surface area contributed by atoms with E-state index in [0.717, 1.165) is 17.1 Å². The van der Waals surface area contributed by atoms with Gasteiger partial charge >= 0.3 is 11.9 Å². The van der Waals surface area contributed by atoms with E-state index in [9.17, 15) is 49.2 Å². The molecule has 4 amide bonds. The van der Waals surface area contributed by atoms with E-state index in [1.165, 1.54) is 18.2 Å². The maximum Gasteiger partial charge on any atom is 0.335 e. The van der Waals surface area contributed by atoms with Crippen LogP contribution in [0.4, 0.5) is 5.69 Å². The second kappa shape index (κ2) is 16.4. The number of aliphatic carboxylic acids is 1. The lowest BCUT2D eigenvalue weighted by Gasteiger charge is -2.38. The van der Waals surface area contributed by atoms with Crippen LogP contribution in [0, 0.1) is 5.41 Å². The molecular formula is C30H39N3O14. The van der Waals surface area contributed by atoms with E-state index in [0.29, 0.717) is 5.56 Å². The Balaban J connectivity index is 1.57. The van der Waals surface area contributed by atoms with Crippen LogP contribution in [0.2, 0.25) is 0 Å². The smallest absolute Gasteiger partial charge is 0.335 e. The van der Waals surface area contributed by atoms with Gasteiger partial charge in [-0.15, -0.1) is 0 Å². The number of nitrogens with zero attached hydrogens (tertiary/aromatic N) is 1. The van der Waals surface area contributed by atoms with Crippen molar-refractivity contribution in [3.63, 3.8) is 0 Å². The summed E-state index contributed by atoms with van der Waals surface area (Å²) < 4.78 is 21.4. The Labute approximate surface area is 269 Å². The van der Waals surface area contributed by atoms with Crippen LogP contribution >= 0.6 is 0 Å². The molecule has 47 heavy (non-hydrogen) atoms. The molecule has 17 heteroatoms. The molecule has 0 spiro atoms. The van der Waals surface area contributed by atoms with Gasteiger partial charge in [0.15, 0.2) is 6.10 Å². The number of hydrogen-bond acceptors (Lipinski definition) is 13. The second-order valence-corrected chi connectivity index (χ2v) is 11.7. The molecule has 0 radical (unpaired) electrons. The number of rotatable bonds is 15. The Bertz CT molecular complexity index is 1360. The number of benzene rings is 1. The van der Waals surface area contributed by atoms with Gasteiger partial charge in [-0.25, -0.2) is 4.79 Å². The van der Waals surface area contributed by atoms with Gasteiger partial charge in [-0.05, 0) is 38.5 Å². The van der Waals surface area contributed by atoms with Crippen LogP contribution in [0.15, 0.2) is 30.4 Å². The summed E-state index contributed by atoms with van der Waals surface area (Å²) in [6, 6.07) is 4.23.